The number of benzene rings is 1. The number of thiophene rings is 1. The van der Waals surface area contributed by atoms with Gasteiger partial charge in [-0.1, -0.05) is 18.7 Å². The zero-order chi connectivity index (χ0) is 34.3. The molecule has 1 aliphatic heterocycles. The Morgan fingerprint density at radius 1 is 1.14 bits per heavy atom. The summed E-state index contributed by atoms with van der Waals surface area (Å²) in [4.78, 5) is 27.8. The molecule has 2 fully saturated rings. The lowest BCUT2D eigenvalue weighted by Gasteiger charge is -2.33. The third-order valence-electron chi connectivity index (χ3n) is 9.79. The summed E-state index contributed by atoms with van der Waals surface area (Å²) in [5.41, 5.74) is 5.03. The summed E-state index contributed by atoms with van der Waals surface area (Å²) in [6.45, 7) is 8.79. The van der Waals surface area contributed by atoms with Crippen molar-refractivity contribution in [1.82, 2.24) is 24.4 Å². The molecule has 1 amide bonds. The van der Waals surface area contributed by atoms with Crippen molar-refractivity contribution in [2.75, 3.05) is 23.7 Å². The average molecular weight is 685 g/mol. The molecule has 0 atom stereocenters. The first-order chi connectivity index (χ1) is 23.5. The van der Waals surface area contributed by atoms with E-state index in [1.54, 1.807) is 12.1 Å². The first-order valence-electron chi connectivity index (χ1n) is 16.2. The molecule has 4 aromatic heterocycles. The van der Waals surface area contributed by atoms with Crippen LogP contribution < -0.4 is 10.6 Å². The Hall–Kier alpha value is -4.80. The molecule has 5 aromatic rings. The largest absolute Gasteiger partial charge is 0.393 e. The number of aryl methyl sites for hydroxylation is 1. The maximum atomic E-state index is 13.0. The minimum atomic E-state index is -4.26. The van der Waals surface area contributed by atoms with Crippen LogP contribution in [0.2, 0.25) is 0 Å². The number of piperidine rings is 1. The number of nitrogens with one attached hydrogen (secondary N) is 2. The molecular weight excluding hydrogens is 650 g/mol. The molecular formula is C36H35F3N8OS. The van der Waals surface area contributed by atoms with Gasteiger partial charge in [0, 0.05) is 59.6 Å². The molecule has 0 radical (unpaired) electrons. The van der Waals surface area contributed by atoms with E-state index in [1.807, 2.05) is 18.3 Å². The van der Waals surface area contributed by atoms with Crippen LogP contribution in [0.3, 0.4) is 0 Å². The van der Waals surface area contributed by atoms with Gasteiger partial charge >= 0.3 is 6.18 Å². The van der Waals surface area contributed by atoms with Crippen LogP contribution >= 0.6 is 11.3 Å². The maximum Gasteiger partial charge on any atom is 0.393 e. The predicted molar refractivity (Wildman–Crippen MR) is 184 cm³/mol. The lowest BCUT2D eigenvalue weighted by molar-refractivity contribution is -0.126. The van der Waals surface area contributed by atoms with Gasteiger partial charge in [-0.15, -0.1) is 11.3 Å². The molecule has 1 saturated heterocycles. The summed E-state index contributed by atoms with van der Waals surface area (Å²) < 4.78 is 41.0. The first kappa shape index (κ1) is 32.7. The Balaban J connectivity index is 1.01. The SMILES string of the molecule is C=CC(=O)Nc1ccc(C2(Cn3c(C#N)cc4c(C)c(CN5CCC(Nc6ncnc7sc(CC(F)(F)F)cc67)CC5)ccc43)CC2)cn1. The fourth-order valence-corrected chi connectivity index (χ4v) is 7.91. The highest BCUT2D eigenvalue weighted by atomic mass is 32.1. The summed E-state index contributed by atoms with van der Waals surface area (Å²) in [5.74, 6) is 0.759. The Morgan fingerprint density at radius 2 is 1.94 bits per heavy atom. The quantitative estimate of drug-likeness (QED) is 0.149. The van der Waals surface area contributed by atoms with Gasteiger partial charge in [0.05, 0.1) is 11.8 Å². The van der Waals surface area contributed by atoms with Gasteiger partial charge in [-0.2, -0.15) is 18.4 Å². The summed E-state index contributed by atoms with van der Waals surface area (Å²) in [7, 11) is 0. The van der Waals surface area contributed by atoms with Crippen LogP contribution in [0.25, 0.3) is 21.1 Å². The number of carbonyl (C=O) groups excluding carboxylic acids is 1. The number of anilines is 2. The van der Waals surface area contributed by atoms with Crippen LogP contribution in [0, 0.1) is 18.3 Å². The molecule has 7 rings (SSSR count). The monoisotopic (exact) mass is 684 g/mol. The lowest BCUT2D eigenvalue weighted by atomic mass is 9.97. The number of hydrogen-bond donors (Lipinski definition) is 2. The van der Waals surface area contributed by atoms with Gasteiger partial charge in [0.25, 0.3) is 0 Å². The molecule has 252 valence electrons. The van der Waals surface area contributed by atoms with Crippen LogP contribution in [0.5, 0.6) is 0 Å². The Labute approximate surface area is 285 Å². The van der Waals surface area contributed by atoms with E-state index in [2.05, 4.69) is 66.8 Å². The molecule has 1 aromatic carbocycles. The van der Waals surface area contributed by atoms with Crippen molar-refractivity contribution in [2.45, 2.75) is 69.8 Å². The molecule has 13 heteroatoms. The van der Waals surface area contributed by atoms with Crippen molar-refractivity contribution in [1.29, 1.82) is 5.26 Å². The van der Waals surface area contributed by atoms with Crippen molar-refractivity contribution in [3.8, 4) is 6.07 Å². The Morgan fingerprint density at radius 3 is 2.61 bits per heavy atom. The van der Waals surface area contributed by atoms with Crippen LogP contribution in [0.15, 0.2) is 61.6 Å². The van der Waals surface area contributed by atoms with E-state index >= 15 is 0 Å². The smallest absolute Gasteiger partial charge is 0.367 e. The number of hydrogen-bond acceptors (Lipinski definition) is 8. The van der Waals surface area contributed by atoms with Crippen LogP contribution in [-0.2, 0) is 29.7 Å². The topological polar surface area (TPSA) is 112 Å². The van der Waals surface area contributed by atoms with Crippen LogP contribution in [0.4, 0.5) is 24.8 Å². The number of aromatic nitrogens is 4. The number of alkyl halides is 3. The standard InChI is InChI=1S/C36H35F3N8OS/c1-3-32(48)45-31-7-5-24(18-41-31)35(10-11-35)20-47-26(17-40)14-28-22(2)23(4-6-30(28)47)19-46-12-8-25(9-13-46)44-33-29-15-27(16-36(37,38)39)49-34(29)43-21-42-33/h3-7,14-15,18,21,25H,1,8-13,16,19-20H2,2H3,(H,41,45,48)(H,42,43,44). The summed E-state index contributed by atoms with van der Waals surface area (Å²) in [6, 6.07) is 14.2. The highest BCUT2D eigenvalue weighted by Gasteiger charge is 2.45. The van der Waals surface area contributed by atoms with Gasteiger partial charge in [-0.25, -0.2) is 15.0 Å². The highest BCUT2D eigenvalue weighted by Crippen LogP contribution is 2.50. The summed E-state index contributed by atoms with van der Waals surface area (Å²) >= 11 is 1.06. The second-order valence-corrected chi connectivity index (χ2v) is 14.2. The van der Waals surface area contributed by atoms with Crippen molar-refractivity contribution in [2.24, 2.45) is 0 Å². The molecule has 9 nitrogen and oxygen atoms in total. The number of halogens is 3. The lowest BCUT2D eigenvalue weighted by Crippen LogP contribution is -2.39. The molecule has 5 heterocycles. The van der Waals surface area contributed by atoms with Gasteiger partial charge in [-0.05, 0) is 79.6 Å². The molecule has 0 unspecified atom stereocenters. The van der Waals surface area contributed by atoms with Crippen molar-refractivity contribution in [3.05, 3.63) is 88.8 Å². The molecule has 0 bridgehead atoms. The number of nitriles is 1. The number of nitrogens with zero attached hydrogens (tertiary/aromatic N) is 6. The molecule has 0 spiro atoms. The molecule has 1 saturated carbocycles. The number of likely N-dealkylation sites (tertiary alicyclic amines) is 1. The van der Waals surface area contributed by atoms with Crippen LogP contribution in [0.1, 0.15) is 52.9 Å². The number of rotatable bonds is 10. The minimum absolute atomic E-state index is 0.108. The van der Waals surface area contributed by atoms with Gasteiger partial charge in [0.2, 0.25) is 5.91 Å². The zero-order valence-corrected chi connectivity index (χ0v) is 27.8. The minimum Gasteiger partial charge on any atom is -0.367 e. The van der Waals surface area contributed by atoms with Gasteiger partial charge < -0.3 is 15.2 Å². The van der Waals surface area contributed by atoms with Gasteiger partial charge in [-0.3, -0.25) is 9.69 Å². The molecule has 1 aliphatic carbocycles. The van der Waals surface area contributed by atoms with E-state index < -0.39 is 12.6 Å². The fourth-order valence-electron chi connectivity index (χ4n) is 6.88. The Bertz CT molecular complexity index is 2080. The number of pyridine rings is 1. The van der Waals surface area contributed by atoms with E-state index in [9.17, 15) is 23.2 Å². The highest BCUT2D eigenvalue weighted by molar-refractivity contribution is 7.18. The van der Waals surface area contributed by atoms with Crippen LogP contribution in [-0.4, -0.2) is 55.6 Å². The molecule has 2 N–H and O–H groups in total. The van der Waals surface area contributed by atoms with Crippen molar-refractivity contribution >= 4 is 50.0 Å². The number of amides is 1. The van der Waals surface area contributed by atoms with Crippen molar-refractivity contribution in [3.63, 3.8) is 0 Å². The molecule has 49 heavy (non-hydrogen) atoms. The predicted octanol–water partition coefficient (Wildman–Crippen LogP) is 7.26. The van der Waals surface area contributed by atoms with E-state index in [4.69, 9.17) is 0 Å². The van der Waals surface area contributed by atoms with E-state index in [-0.39, 0.29) is 22.2 Å². The van der Waals surface area contributed by atoms with E-state index in [0.29, 0.717) is 34.1 Å². The normalized spacial score (nSPS) is 16.5. The summed E-state index contributed by atoms with van der Waals surface area (Å²) in [5, 5.41) is 18.0. The first-order valence-corrected chi connectivity index (χ1v) is 17.1. The fraction of sp³-hybridized carbons (Fsp3) is 0.361. The van der Waals surface area contributed by atoms with E-state index in [0.717, 1.165) is 78.7 Å². The van der Waals surface area contributed by atoms with Crippen molar-refractivity contribution < 1.29 is 18.0 Å². The zero-order valence-electron chi connectivity index (χ0n) is 27.0. The third kappa shape index (κ3) is 6.89. The van der Waals surface area contributed by atoms with Gasteiger partial charge in [0.15, 0.2) is 0 Å². The second kappa shape index (κ2) is 12.9. The molecule has 2 aliphatic rings. The second-order valence-electron chi connectivity index (χ2n) is 13.1. The summed E-state index contributed by atoms with van der Waals surface area (Å²) in [6.07, 6.45) is 2.94. The third-order valence-corrected chi connectivity index (χ3v) is 10.8. The maximum absolute atomic E-state index is 13.0. The Kier molecular flexibility index (Phi) is 8.62. The number of carbonyl (C=O) groups is 1. The van der Waals surface area contributed by atoms with Gasteiger partial charge in [0.1, 0.15) is 34.6 Å². The average Bonchev–Trinajstić information content (AvgIpc) is 3.61. The van der Waals surface area contributed by atoms with E-state index in [1.165, 1.54) is 18.0 Å². The number of fused-ring (bicyclic) bond motifs is 2.